The first-order chi connectivity index (χ1) is 10.8. The molecule has 0 aliphatic rings. The number of aliphatic hydroxyl groups is 1. The van der Waals surface area contributed by atoms with Crippen LogP contribution in [0.1, 0.15) is 42.7 Å². The molecular formula is C17H20Cl2N2O2. The number of nitrogens with zero attached hydrogens (tertiary/aromatic N) is 1. The van der Waals surface area contributed by atoms with Gasteiger partial charge in [0, 0.05) is 17.8 Å². The van der Waals surface area contributed by atoms with E-state index in [0.717, 1.165) is 5.56 Å². The molecule has 4 nitrogen and oxygen atoms in total. The number of aromatic nitrogens is 1. The maximum atomic E-state index is 10.6. The molecule has 3 N–H and O–H groups in total. The molecule has 0 aliphatic heterocycles. The van der Waals surface area contributed by atoms with E-state index in [0.29, 0.717) is 27.1 Å². The van der Waals surface area contributed by atoms with Crippen LogP contribution < -0.4 is 10.5 Å². The van der Waals surface area contributed by atoms with Crippen molar-refractivity contribution in [3.05, 3.63) is 57.2 Å². The van der Waals surface area contributed by atoms with Gasteiger partial charge >= 0.3 is 0 Å². The van der Waals surface area contributed by atoms with Crippen molar-refractivity contribution < 1.29 is 9.84 Å². The van der Waals surface area contributed by atoms with Gasteiger partial charge in [-0.05, 0) is 44.0 Å². The molecule has 0 unspecified atom stereocenters. The SMILES string of the molecule is Cc1cc(OC(C)C)ncc1[C@H](O)[C@H](N)c1ccc(Cl)c(Cl)c1. The molecule has 1 aromatic heterocycles. The summed E-state index contributed by atoms with van der Waals surface area (Å²) in [6.07, 6.45) is 0.721. The second kappa shape index (κ2) is 7.49. The zero-order chi connectivity index (χ0) is 17.1. The zero-order valence-electron chi connectivity index (χ0n) is 13.3. The third-order valence-electron chi connectivity index (χ3n) is 3.47. The number of aliphatic hydroxyl groups excluding tert-OH is 1. The minimum Gasteiger partial charge on any atom is -0.475 e. The lowest BCUT2D eigenvalue weighted by atomic mass is 9.95. The second-order valence-electron chi connectivity index (χ2n) is 5.69. The fraction of sp³-hybridized carbons (Fsp3) is 0.353. The summed E-state index contributed by atoms with van der Waals surface area (Å²) in [4.78, 5) is 4.22. The molecule has 2 aromatic rings. The van der Waals surface area contributed by atoms with Gasteiger partial charge in [-0.2, -0.15) is 0 Å². The Morgan fingerprint density at radius 1 is 1.17 bits per heavy atom. The summed E-state index contributed by atoms with van der Waals surface area (Å²) in [5.41, 5.74) is 8.38. The molecule has 0 spiro atoms. The summed E-state index contributed by atoms with van der Waals surface area (Å²) in [5.74, 6) is 0.525. The zero-order valence-corrected chi connectivity index (χ0v) is 14.8. The van der Waals surface area contributed by atoms with Crippen molar-refractivity contribution in [3.63, 3.8) is 0 Å². The average molecular weight is 355 g/mol. The van der Waals surface area contributed by atoms with Crippen molar-refractivity contribution in [1.29, 1.82) is 0 Å². The van der Waals surface area contributed by atoms with E-state index in [4.69, 9.17) is 33.7 Å². The van der Waals surface area contributed by atoms with Gasteiger partial charge in [0.15, 0.2) is 0 Å². The van der Waals surface area contributed by atoms with Gasteiger partial charge in [0.1, 0.15) is 0 Å². The molecular weight excluding hydrogens is 335 g/mol. The predicted octanol–water partition coefficient (Wildman–Crippen LogP) is 4.22. The Hall–Kier alpha value is -1.33. The number of benzene rings is 1. The van der Waals surface area contributed by atoms with E-state index in [1.54, 1.807) is 30.5 Å². The topological polar surface area (TPSA) is 68.4 Å². The van der Waals surface area contributed by atoms with Crippen LogP contribution in [0.25, 0.3) is 0 Å². The van der Waals surface area contributed by atoms with Gasteiger partial charge < -0.3 is 15.6 Å². The van der Waals surface area contributed by atoms with E-state index < -0.39 is 12.1 Å². The molecule has 0 saturated heterocycles. The number of hydrogen-bond donors (Lipinski definition) is 2. The molecule has 0 amide bonds. The Kier molecular flexibility index (Phi) is 5.87. The Bertz CT molecular complexity index is 692. The van der Waals surface area contributed by atoms with E-state index in [1.807, 2.05) is 20.8 Å². The fourth-order valence-corrected chi connectivity index (χ4v) is 2.56. The summed E-state index contributed by atoms with van der Waals surface area (Å²) < 4.78 is 5.55. The maximum absolute atomic E-state index is 10.6. The molecule has 0 radical (unpaired) electrons. The normalized spacial score (nSPS) is 13.9. The van der Waals surface area contributed by atoms with Crippen molar-refractivity contribution >= 4 is 23.2 Å². The van der Waals surface area contributed by atoms with Crippen LogP contribution in [-0.4, -0.2) is 16.2 Å². The number of nitrogens with two attached hydrogens (primary N) is 1. The molecule has 1 heterocycles. The second-order valence-corrected chi connectivity index (χ2v) is 6.50. The lowest BCUT2D eigenvalue weighted by molar-refractivity contribution is 0.145. The van der Waals surface area contributed by atoms with Gasteiger partial charge in [0.2, 0.25) is 5.88 Å². The van der Waals surface area contributed by atoms with E-state index in [1.165, 1.54) is 0 Å². The van der Waals surface area contributed by atoms with Crippen molar-refractivity contribution in [2.45, 2.75) is 39.0 Å². The highest BCUT2D eigenvalue weighted by Gasteiger charge is 2.22. The Morgan fingerprint density at radius 2 is 1.87 bits per heavy atom. The minimum absolute atomic E-state index is 0.0381. The van der Waals surface area contributed by atoms with Crippen LogP contribution in [0, 0.1) is 6.92 Å². The molecule has 0 bridgehead atoms. The van der Waals surface area contributed by atoms with E-state index >= 15 is 0 Å². The summed E-state index contributed by atoms with van der Waals surface area (Å²) >= 11 is 11.9. The quantitative estimate of drug-likeness (QED) is 0.843. The Balaban J connectivity index is 2.25. The fourth-order valence-electron chi connectivity index (χ4n) is 2.25. The average Bonchev–Trinajstić information content (AvgIpc) is 2.48. The predicted molar refractivity (Wildman–Crippen MR) is 93.1 cm³/mol. The lowest BCUT2D eigenvalue weighted by Crippen LogP contribution is -2.20. The Morgan fingerprint density at radius 3 is 2.43 bits per heavy atom. The smallest absolute Gasteiger partial charge is 0.213 e. The lowest BCUT2D eigenvalue weighted by Gasteiger charge is -2.22. The number of halogens is 2. The van der Waals surface area contributed by atoms with Crippen molar-refractivity contribution in [2.24, 2.45) is 5.73 Å². The van der Waals surface area contributed by atoms with E-state index in [9.17, 15) is 5.11 Å². The van der Waals surface area contributed by atoms with Crippen LogP contribution in [0.4, 0.5) is 0 Å². The minimum atomic E-state index is -0.909. The van der Waals surface area contributed by atoms with Crippen LogP contribution in [0.3, 0.4) is 0 Å². The maximum Gasteiger partial charge on any atom is 0.213 e. The van der Waals surface area contributed by atoms with Crippen molar-refractivity contribution in [3.8, 4) is 5.88 Å². The van der Waals surface area contributed by atoms with Crippen LogP contribution >= 0.6 is 23.2 Å². The molecule has 124 valence electrons. The van der Waals surface area contributed by atoms with Crippen LogP contribution in [0.15, 0.2) is 30.5 Å². The molecule has 6 heteroatoms. The van der Waals surface area contributed by atoms with Gasteiger partial charge in [0.25, 0.3) is 0 Å². The number of rotatable bonds is 5. The highest BCUT2D eigenvalue weighted by Crippen LogP contribution is 2.32. The first kappa shape index (κ1) is 18.0. The van der Waals surface area contributed by atoms with Crippen LogP contribution in [0.2, 0.25) is 10.0 Å². The number of hydrogen-bond acceptors (Lipinski definition) is 4. The molecule has 0 fully saturated rings. The third kappa shape index (κ3) is 4.36. The van der Waals surface area contributed by atoms with E-state index in [-0.39, 0.29) is 6.10 Å². The number of pyridine rings is 1. The van der Waals surface area contributed by atoms with Crippen LogP contribution in [-0.2, 0) is 0 Å². The molecule has 1 aromatic carbocycles. The monoisotopic (exact) mass is 354 g/mol. The first-order valence-electron chi connectivity index (χ1n) is 7.31. The van der Waals surface area contributed by atoms with Gasteiger partial charge in [-0.3, -0.25) is 0 Å². The molecule has 0 aliphatic carbocycles. The standard InChI is InChI=1S/C17H20Cl2N2O2/c1-9(2)23-15-6-10(3)12(8-21-15)17(22)16(20)11-4-5-13(18)14(19)7-11/h4-9,16-17,22H,20H2,1-3H3/t16-,17+/m1/s1. The summed E-state index contributed by atoms with van der Waals surface area (Å²) in [6.45, 7) is 5.74. The van der Waals surface area contributed by atoms with E-state index in [2.05, 4.69) is 4.98 Å². The van der Waals surface area contributed by atoms with Gasteiger partial charge in [-0.1, -0.05) is 29.3 Å². The van der Waals surface area contributed by atoms with Gasteiger partial charge in [-0.15, -0.1) is 0 Å². The van der Waals surface area contributed by atoms with Crippen molar-refractivity contribution in [1.82, 2.24) is 4.98 Å². The highest BCUT2D eigenvalue weighted by molar-refractivity contribution is 6.42. The third-order valence-corrected chi connectivity index (χ3v) is 4.21. The number of ether oxygens (including phenoxy) is 1. The molecule has 2 atom stereocenters. The van der Waals surface area contributed by atoms with Crippen LogP contribution in [0.5, 0.6) is 5.88 Å². The summed E-state index contributed by atoms with van der Waals surface area (Å²) in [5, 5.41) is 11.4. The van der Waals surface area contributed by atoms with Gasteiger partial charge in [-0.25, -0.2) is 4.98 Å². The highest BCUT2D eigenvalue weighted by atomic mass is 35.5. The van der Waals surface area contributed by atoms with Gasteiger partial charge in [0.05, 0.1) is 28.3 Å². The molecule has 0 saturated carbocycles. The summed E-state index contributed by atoms with van der Waals surface area (Å²) in [7, 11) is 0. The largest absolute Gasteiger partial charge is 0.475 e. The molecule has 2 rings (SSSR count). The Labute approximate surface area is 146 Å². The number of aryl methyl sites for hydroxylation is 1. The van der Waals surface area contributed by atoms with Crippen molar-refractivity contribution in [2.75, 3.05) is 0 Å². The first-order valence-corrected chi connectivity index (χ1v) is 8.07. The molecule has 23 heavy (non-hydrogen) atoms. The summed E-state index contributed by atoms with van der Waals surface area (Å²) in [6, 6.07) is 6.23.